The van der Waals surface area contributed by atoms with E-state index < -0.39 is 0 Å². The van der Waals surface area contributed by atoms with Gasteiger partial charge < -0.3 is 20.1 Å². The van der Waals surface area contributed by atoms with Crippen LogP contribution < -0.4 is 10.2 Å². The Morgan fingerprint density at radius 3 is 2.64 bits per heavy atom. The van der Waals surface area contributed by atoms with Gasteiger partial charge in [-0.15, -0.1) is 0 Å². The number of hydrogen-bond donors (Lipinski definition) is 2. The standard InChI is InChI=1S/C31H32N6O2/c1-21-3-5-22(6-4-21)19-37-20-24(18-32-37)31(39)33-25-7-10-30(38)27(17-25)29-16-23-15-26(8-9-28(23)34-29)36-13-11-35(2)12-14-36/h3-9,15-18,20,34H,10-14,19H2,1-2H3,(H,33,39). The first-order valence-corrected chi connectivity index (χ1v) is 13.3. The molecule has 1 saturated heterocycles. The van der Waals surface area contributed by atoms with Crippen LogP contribution in [0.4, 0.5) is 5.69 Å². The van der Waals surface area contributed by atoms with Crippen molar-refractivity contribution in [1.29, 1.82) is 0 Å². The van der Waals surface area contributed by atoms with Crippen molar-refractivity contribution in [3.05, 3.63) is 101 Å². The monoisotopic (exact) mass is 520 g/mol. The number of anilines is 1. The summed E-state index contributed by atoms with van der Waals surface area (Å²) < 4.78 is 1.75. The molecule has 2 aliphatic rings. The van der Waals surface area contributed by atoms with Crippen molar-refractivity contribution in [1.82, 2.24) is 25.0 Å². The molecule has 1 amide bonds. The molecule has 39 heavy (non-hydrogen) atoms. The molecule has 2 aromatic heterocycles. The number of carbonyl (C=O) groups is 2. The number of aryl methyl sites for hydroxylation is 1. The average Bonchev–Trinajstić information content (AvgIpc) is 3.58. The fraction of sp³-hybridized carbons (Fsp3) is 0.258. The number of piperazine rings is 1. The Kier molecular flexibility index (Phi) is 6.62. The molecule has 2 N–H and O–H groups in total. The Morgan fingerprint density at radius 1 is 1.05 bits per heavy atom. The van der Waals surface area contributed by atoms with Crippen molar-refractivity contribution in [2.45, 2.75) is 19.9 Å². The van der Waals surface area contributed by atoms with E-state index in [0.29, 0.717) is 23.4 Å². The molecule has 1 fully saturated rings. The van der Waals surface area contributed by atoms with Crippen LogP contribution >= 0.6 is 0 Å². The number of hydrogen-bond acceptors (Lipinski definition) is 5. The average molecular weight is 521 g/mol. The van der Waals surface area contributed by atoms with Crippen molar-refractivity contribution in [2.24, 2.45) is 0 Å². The zero-order chi connectivity index (χ0) is 26.9. The summed E-state index contributed by atoms with van der Waals surface area (Å²) >= 11 is 0. The normalized spacial score (nSPS) is 16.4. The minimum atomic E-state index is -0.255. The molecule has 0 spiro atoms. The molecule has 8 nitrogen and oxygen atoms in total. The first-order chi connectivity index (χ1) is 18.9. The molecule has 1 aliphatic heterocycles. The Hall–Kier alpha value is -4.43. The van der Waals surface area contributed by atoms with Crippen molar-refractivity contribution >= 4 is 33.9 Å². The van der Waals surface area contributed by atoms with Gasteiger partial charge in [-0.1, -0.05) is 35.9 Å². The van der Waals surface area contributed by atoms with Crippen molar-refractivity contribution in [2.75, 3.05) is 38.1 Å². The fourth-order valence-electron chi connectivity index (χ4n) is 5.10. The van der Waals surface area contributed by atoms with E-state index in [1.165, 1.54) is 11.3 Å². The maximum atomic E-state index is 13.0. The highest BCUT2D eigenvalue weighted by Gasteiger charge is 2.21. The van der Waals surface area contributed by atoms with Gasteiger partial charge in [0, 0.05) is 66.7 Å². The van der Waals surface area contributed by atoms with Gasteiger partial charge in [0.15, 0.2) is 5.78 Å². The highest BCUT2D eigenvalue weighted by molar-refractivity contribution is 6.23. The molecule has 3 heterocycles. The molecule has 2 aromatic carbocycles. The van der Waals surface area contributed by atoms with Gasteiger partial charge in [-0.3, -0.25) is 14.3 Å². The second-order valence-electron chi connectivity index (χ2n) is 10.5. The molecule has 0 unspecified atom stereocenters. The minimum Gasteiger partial charge on any atom is -0.369 e. The summed E-state index contributed by atoms with van der Waals surface area (Å²) in [6.45, 7) is 6.74. The van der Waals surface area contributed by atoms with Crippen LogP contribution in [0.2, 0.25) is 0 Å². The maximum absolute atomic E-state index is 13.0. The van der Waals surface area contributed by atoms with E-state index in [-0.39, 0.29) is 18.1 Å². The van der Waals surface area contributed by atoms with Gasteiger partial charge in [-0.05, 0) is 49.9 Å². The second kappa shape index (κ2) is 10.4. The summed E-state index contributed by atoms with van der Waals surface area (Å²) in [5.74, 6) is -0.236. The van der Waals surface area contributed by atoms with E-state index in [1.54, 1.807) is 29.2 Å². The summed E-state index contributed by atoms with van der Waals surface area (Å²) in [6.07, 6.45) is 7.06. The topological polar surface area (TPSA) is 86.3 Å². The number of allylic oxidation sites excluding steroid dienone is 3. The molecule has 0 saturated carbocycles. The predicted octanol–water partition coefficient (Wildman–Crippen LogP) is 4.14. The number of carbonyl (C=O) groups excluding carboxylic acids is 2. The molecule has 8 heteroatoms. The van der Waals surface area contributed by atoms with Crippen molar-refractivity contribution in [3.63, 3.8) is 0 Å². The summed E-state index contributed by atoms with van der Waals surface area (Å²) in [4.78, 5) is 33.9. The lowest BCUT2D eigenvalue weighted by atomic mass is 9.98. The van der Waals surface area contributed by atoms with Crippen LogP contribution in [0.25, 0.3) is 16.5 Å². The lowest BCUT2D eigenvalue weighted by Crippen LogP contribution is -2.44. The summed E-state index contributed by atoms with van der Waals surface area (Å²) in [6, 6.07) is 16.7. The Labute approximate surface area is 227 Å². The Morgan fingerprint density at radius 2 is 1.85 bits per heavy atom. The van der Waals surface area contributed by atoms with Gasteiger partial charge >= 0.3 is 0 Å². The Balaban J connectivity index is 1.16. The van der Waals surface area contributed by atoms with Crippen LogP contribution in [0, 0.1) is 6.92 Å². The quantitative estimate of drug-likeness (QED) is 0.399. The number of benzene rings is 2. The third-order valence-corrected chi connectivity index (χ3v) is 7.49. The first kappa shape index (κ1) is 24.9. The van der Waals surface area contributed by atoms with E-state index in [2.05, 4.69) is 81.6 Å². The number of amides is 1. The third kappa shape index (κ3) is 5.42. The van der Waals surface area contributed by atoms with Crippen LogP contribution in [0.15, 0.2) is 78.8 Å². The van der Waals surface area contributed by atoms with Crippen molar-refractivity contribution < 1.29 is 9.59 Å². The molecule has 0 atom stereocenters. The molecule has 0 radical (unpaired) electrons. The number of ketones is 1. The minimum absolute atomic E-state index is 0.0183. The molecule has 198 valence electrons. The predicted molar refractivity (Wildman–Crippen MR) is 154 cm³/mol. The number of likely N-dealkylation sites (N-methyl/N-ethyl adjacent to an activating group) is 1. The van der Waals surface area contributed by atoms with E-state index in [9.17, 15) is 9.59 Å². The van der Waals surface area contributed by atoms with Crippen LogP contribution in [0.3, 0.4) is 0 Å². The number of nitrogens with one attached hydrogen (secondary N) is 2. The van der Waals surface area contributed by atoms with Gasteiger partial charge in [-0.25, -0.2) is 0 Å². The molecule has 4 aromatic rings. The van der Waals surface area contributed by atoms with Gasteiger partial charge in [-0.2, -0.15) is 5.10 Å². The van der Waals surface area contributed by atoms with Crippen LogP contribution in [-0.4, -0.2) is 64.6 Å². The zero-order valence-electron chi connectivity index (χ0n) is 22.3. The fourth-order valence-corrected chi connectivity index (χ4v) is 5.10. The van der Waals surface area contributed by atoms with Crippen LogP contribution in [-0.2, 0) is 11.3 Å². The van der Waals surface area contributed by atoms with E-state index in [0.717, 1.165) is 48.3 Å². The van der Waals surface area contributed by atoms with Gasteiger partial charge in [0.2, 0.25) is 0 Å². The van der Waals surface area contributed by atoms with Crippen LogP contribution in [0.1, 0.15) is 33.6 Å². The van der Waals surface area contributed by atoms with Gasteiger partial charge in [0.25, 0.3) is 5.91 Å². The van der Waals surface area contributed by atoms with Gasteiger partial charge in [0.1, 0.15) is 0 Å². The molecule has 0 bridgehead atoms. The molecular weight excluding hydrogens is 488 g/mol. The number of nitrogens with zero attached hydrogens (tertiary/aromatic N) is 4. The largest absolute Gasteiger partial charge is 0.369 e. The Bertz CT molecular complexity index is 1600. The smallest absolute Gasteiger partial charge is 0.258 e. The number of rotatable bonds is 6. The number of aromatic nitrogens is 3. The van der Waals surface area contributed by atoms with E-state index in [4.69, 9.17) is 0 Å². The first-order valence-electron chi connectivity index (χ1n) is 13.3. The molecular formula is C31H32N6O2. The number of aromatic amines is 1. The number of fused-ring (bicyclic) bond motifs is 1. The zero-order valence-corrected chi connectivity index (χ0v) is 22.3. The highest BCUT2D eigenvalue weighted by Crippen LogP contribution is 2.29. The van der Waals surface area contributed by atoms with E-state index in [1.807, 2.05) is 6.07 Å². The lowest BCUT2D eigenvalue weighted by Gasteiger charge is -2.34. The summed E-state index contributed by atoms with van der Waals surface area (Å²) in [7, 11) is 2.15. The molecule has 6 rings (SSSR count). The number of H-pyrrole nitrogens is 1. The maximum Gasteiger partial charge on any atom is 0.258 e. The van der Waals surface area contributed by atoms with Crippen LogP contribution in [0.5, 0.6) is 0 Å². The third-order valence-electron chi connectivity index (χ3n) is 7.49. The molecule has 1 aliphatic carbocycles. The summed E-state index contributed by atoms with van der Waals surface area (Å²) in [5, 5.41) is 8.36. The van der Waals surface area contributed by atoms with Gasteiger partial charge in [0.05, 0.1) is 24.0 Å². The highest BCUT2D eigenvalue weighted by atomic mass is 16.1. The SMILES string of the molecule is Cc1ccc(Cn2cc(C(=O)NC3=CCC(=O)C(c4cc5cc(N6CCN(C)CC6)ccc5[nH]4)=C3)cn2)cc1. The summed E-state index contributed by atoms with van der Waals surface area (Å²) in [5.41, 5.74) is 6.91. The second-order valence-corrected chi connectivity index (χ2v) is 10.5. The lowest BCUT2D eigenvalue weighted by molar-refractivity contribution is -0.113. The van der Waals surface area contributed by atoms with Crippen molar-refractivity contribution in [3.8, 4) is 0 Å². The number of Topliss-reactive ketones (excluding diaryl/α,β-unsaturated/α-hetero) is 1. The van der Waals surface area contributed by atoms with E-state index >= 15 is 0 Å².